The molecule has 128 valence electrons. The molecule has 0 unspecified atom stereocenters. The van der Waals surface area contributed by atoms with Crippen molar-refractivity contribution in [1.29, 1.82) is 0 Å². The van der Waals surface area contributed by atoms with Gasteiger partial charge in [0, 0.05) is 29.7 Å². The van der Waals surface area contributed by atoms with E-state index in [9.17, 15) is 13.2 Å². The molecule has 0 aliphatic carbocycles. The molecule has 0 bridgehead atoms. The van der Waals surface area contributed by atoms with Crippen LogP contribution in [0.1, 0.15) is 31.4 Å². The summed E-state index contributed by atoms with van der Waals surface area (Å²) in [7, 11) is 0. The van der Waals surface area contributed by atoms with E-state index < -0.39 is 12.7 Å². The first-order valence-corrected chi connectivity index (χ1v) is 8.12. The van der Waals surface area contributed by atoms with Gasteiger partial charge in [0.1, 0.15) is 0 Å². The molecule has 23 heavy (non-hydrogen) atoms. The van der Waals surface area contributed by atoms with Crippen LogP contribution in [0.15, 0.2) is 36.9 Å². The third kappa shape index (κ3) is 4.96. The average molecular weight is 347 g/mol. The lowest BCUT2D eigenvalue weighted by atomic mass is 10.0. The van der Waals surface area contributed by atoms with E-state index >= 15 is 0 Å². The van der Waals surface area contributed by atoms with Crippen LogP contribution in [0.4, 0.5) is 13.2 Å². The van der Waals surface area contributed by atoms with Gasteiger partial charge in [-0.2, -0.15) is 13.2 Å². The summed E-state index contributed by atoms with van der Waals surface area (Å²) in [5, 5.41) is 3.28. The lowest BCUT2D eigenvalue weighted by Crippen LogP contribution is -2.48. The molecule has 2 rings (SSSR count). The summed E-state index contributed by atoms with van der Waals surface area (Å²) in [4.78, 5) is 2.21. The Morgan fingerprint density at radius 3 is 2.78 bits per heavy atom. The van der Waals surface area contributed by atoms with Crippen LogP contribution in [0.25, 0.3) is 0 Å². The van der Waals surface area contributed by atoms with E-state index in [1.807, 2.05) is 31.2 Å². The fourth-order valence-electron chi connectivity index (χ4n) is 3.33. The first kappa shape index (κ1) is 18.3. The summed E-state index contributed by atoms with van der Waals surface area (Å²) in [5.74, 6) is 0. The van der Waals surface area contributed by atoms with Gasteiger partial charge in [-0.3, -0.25) is 4.90 Å². The molecular weight excluding hydrogens is 325 g/mol. The van der Waals surface area contributed by atoms with Crippen molar-refractivity contribution < 1.29 is 13.2 Å². The maximum absolute atomic E-state index is 12.4. The van der Waals surface area contributed by atoms with Crippen molar-refractivity contribution in [2.75, 3.05) is 13.1 Å². The number of likely N-dealkylation sites (tertiary alicyclic amines) is 1. The number of nitrogens with one attached hydrogen (secondary N) is 1. The van der Waals surface area contributed by atoms with Crippen molar-refractivity contribution in [2.45, 2.75) is 44.1 Å². The van der Waals surface area contributed by atoms with Crippen LogP contribution < -0.4 is 5.32 Å². The molecule has 1 N–H and O–H groups in total. The van der Waals surface area contributed by atoms with Crippen LogP contribution in [0.3, 0.4) is 0 Å². The van der Waals surface area contributed by atoms with Crippen molar-refractivity contribution in [2.24, 2.45) is 0 Å². The summed E-state index contributed by atoms with van der Waals surface area (Å²) in [6.45, 7) is 5.27. The first-order chi connectivity index (χ1) is 10.8. The fourth-order valence-corrected chi connectivity index (χ4v) is 3.52. The zero-order valence-electron chi connectivity index (χ0n) is 13.1. The predicted octanol–water partition coefficient (Wildman–Crippen LogP) is 4.57. The number of hydrogen-bond donors (Lipinski definition) is 1. The van der Waals surface area contributed by atoms with E-state index in [0.29, 0.717) is 11.6 Å². The van der Waals surface area contributed by atoms with Gasteiger partial charge in [-0.05, 0) is 37.5 Å². The van der Waals surface area contributed by atoms with E-state index in [2.05, 4.69) is 16.8 Å². The van der Waals surface area contributed by atoms with E-state index in [1.165, 1.54) is 0 Å². The molecule has 0 saturated carbocycles. The minimum atomic E-state index is -4.19. The highest BCUT2D eigenvalue weighted by Gasteiger charge is 2.37. The van der Waals surface area contributed by atoms with Gasteiger partial charge in [0.05, 0.1) is 6.54 Å². The van der Waals surface area contributed by atoms with Crippen LogP contribution >= 0.6 is 11.6 Å². The molecule has 1 saturated heterocycles. The van der Waals surface area contributed by atoms with Gasteiger partial charge in [0.2, 0.25) is 0 Å². The zero-order chi connectivity index (χ0) is 17.0. The van der Waals surface area contributed by atoms with Crippen LogP contribution in [-0.4, -0.2) is 36.2 Å². The largest absolute Gasteiger partial charge is 0.401 e. The molecule has 0 spiro atoms. The maximum Gasteiger partial charge on any atom is 0.401 e. The molecule has 0 amide bonds. The van der Waals surface area contributed by atoms with Crippen molar-refractivity contribution >= 4 is 11.6 Å². The number of hydrogen-bond acceptors (Lipinski definition) is 2. The van der Waals surface area contributed by atoms with E-state index in [0.717, 1.165) is 18.4 Å². The first-order valence-electron chi connectivity index (χ1n) is 7.74. The Morgan fingerprint density at radius 1 is 1.43 bits per heavy atom. The molecule has 1 aliphatic rings. The molecule has 0 aromatic heterocycles. The van der Waals surface area contributed by atoms with E-state index in [4.69, 9.17) is 11.6 Å². The minimum Gasteiger partial charge on any atom is -0.305 e. The molecule has 1 fully saturated rings. The van der Waals surface area contributed by atoms with Crippen molar-refractivity contribution in [3.63, 3.8) is 0 Å². The smallest absolute Gasteiger partial charge is 0.305 e. The monoisotopic (exact) mass is 346 g/mol. The summed E-state index contributed by atoms with van der Waals surface area (Å²) in [5.41, 5.74) is 1.10. The molecule has 1 aromatic carbocycles. The minimum absolute atomic E-state index is 0.0410. The van der Waals surface area contributed by atoms with Gasteiger partial charge < -0.3 is 5.32 Å². The number of nitrogens with zero attached hydrogens (tertiary/aromatic N) is 1. The Balaban J connectivity index is 2.11. The van der Waals surface area contributed by atoms with Gasteiger partial charge in [-0.15, -0.1) is 6.58 Å². The number of benzene rings is 1. The SMILES string of the molecule is C=CCN1[C@@H]([C@H](C)NCC(F)(F)F)CC[C@H]1c1cccc(Cl)c1. The van der Waals surface area contributed by atoms with E-state index in [1.54, 1.807) is 6.08 Å². The average Bonchev–Trinajstić information content (AvgIpc) is 2.88. The highest BCUT2D eigenvalue weighted by Crippen LogP contribution is 2.38. The second-order valence-electron chi connectivity index (χ2n) is 5.99. The second kappa shape index (κ2) is 7.69. The highest BCUT2D eigenvalue weighted by atomic mass is 35.5. The fraction of sp³-hybridized carbons (Fsp3) is 0.529. The predicted molar refractivity (Wildman–Crippen MR) is 87.6 cm³/mol. The van der Waals surface area contributed by atoms with Crippen LogP contribution in [0.2, 0.25) is 5.02 Å². The lowest BCUT2D eigenvalue weighted by Gasteiger charge is -2.33. The van der Waals surface area contributed by atoms with Gasteiger partial charge >= 0.3 is 6.18 Å². The third-order valence-electron chi connectivity index (χ3n) is 4.34. The standard InChI is InChI=1S/C17H22ClF3N2/c1-3-9-23-15(12(2)22-11-17(19,20)21)7-8-16(23)13-5-4-6-14(18)10-13/h3-6,10,12,15-16,22H,1,7-9,11H2,2H3/t12-,15+,16-/m0/s1. The Bertz CT molecular complexity index is 533. The summed E-state index contributed by atoms with van der Waals surface area (Å²) in [6.07, 6.45) is -0.650. The molecule has 1 aliphatic heterocycles. The molecule has 0 radical (unpaired) electrons. The van der Waals surface area contributed by atoms with Gasteiger partial charge in [-0.1, -0.05) is 29.8 Å². The van der Waals surface area contributed by atoms with Gasteiger partial charge in [-0.25, -0.2) is 0 Å². The Kier molecular flexibility index (Phi) is 6.12. The molecule has 3 atom stereocenters. The molecule has 1 aromatic rings. The third-order valence-corrected chi connectivity index (χ3v) is 4.57. The molecule has 6 heteroatoms. The quantitative estimate of drug-likeness (QED) is 0.759. The second-order valence-corrected chi connectivity index (χ2v) is 6.42. The summed E-state index contributed by atoms with van der Waals surface area (Å²) >= 11 is 6.07. The van der Waals surface area contributed by atoms with Gasteiger partial charge in [0.25, 0.3) is 0 Å². The molecule has 1 heterocycles. The normalized spacial score (nSPS) is 23.9. The van der Waals surface area contributed by atoms with Crippen molar-refractivity contribution in [1.82, 2.24) is 10.2 Å². The maximum atomic E-state index is 12.4. The number of rotatable bonds is 6. The summed E-state index contributed by atoms with van der Waals surface area (Å²) in [6, 6.07) is 7.62. The topological polar surface area (TPSA) is 15.3 Å². The van der Waals surface area contributed by atoms with E-state index in [-0.39, 0.29) is 18.1 Å². The summed E-state index contributed by atoms with van der Waals surface area (Å²) < 4.78 is 37.3. The lowest BCUT2D eigenvalue weighted by molar-refractivity contribution is -0.126. The number of alkyl halides is 3. The van der Waals surface area contributed by atoms with Crippen LogP contribution in [0, 0.1) is 0 Å². The Hall–Kier alpha value is -1.04. The Labute approximate surface area is 140 Å². The van der Waals surface area contributed by atoms with Gasteiger partial charge in [0.15, 0.2) is 0 Å². The van der Waals surface area contributed by atoms with Crippen LogP contribution in [0.5, 0.6) is 0 Å². The zero-order valence-corrected chi connectivity index (χ0v) is 13.9. The Morgan fingerprint density at radius 2 is 2.17 bits per heavy atom. The van der Waals surface area contributed by atoms with Crippen molar-refractivity contribution in [3.8, 4) is 0 Å². The highest BCUT2D eigenvalue weighted by molar-refractivity contribution is 6.30. The molecule has 2 nitrogen and oxygen atoms in total. The number of halogens is 4. The molecular formula is C17H22ClF3N2. The van der Waals surface area contributed by atoms with Crippen LogP contribution in [-0.2, 0) is 0 Å². The van der Waals surface area contributed by atoms with Crippen molar-refractivity contribution in [3.05, 3.63) is 47.5 Å².